The summed E-state index contributed by atoms with van der Waals surface area (Å²) in [5.74, 6) is -0.322. The second-order valence-corrected chi connectivity index (χ2v) is 5.69. The third-order valence-electron chi connectivity index (χ3n) is 4.16. The van der Waals surface area contributed by atoms with Gasteiger partial charge in [-0.05, 0) is 37.4 Å². The Morgan fingerprint density at radius 3 is 2.64 bits per heavy atom. The van der Waals surface area contributed by atoms with E-state index in [1.165, 1.54) is 12.1 Å². The van der Waals surface area contributed by atoms with E-state index in [0.29, 0.717) is 6.42 Å². The van der Waals surface area contributed by atoms with Crippen LogP contribution in [0.2, 0.25) is 0 Å². The highest BCUT2D eigenvalue weighted by Crippen LogP contribution is 2.46. The summed E-state index contributed by atoms with van der Waals surface area (Å²) >= 11 is 0. The molecule has 122 valence electrons. The predicted octanol–water partition coefficient (Wildman–Crippen LogP) is 2.85. The van der Waals surface area contributed by atoms with Crippen molar-refractivity contribution in [2.75, 3.05) is 6.54 Å². The standard InChI is InChI=1S/C15H17F3N2O.ClH/c16-15(17,18)11-5-2-1-4-9(11)10-8-13(10)20-14(21)12-6-3-7-19-12;/h1-2,4-5,10,12-13,19H,3,6-8H2,(H,20,21);1H. The van der Waals surface area contributed by atoms with Gasteiger partial charge in [0.1, 0.15) is 0 Å². The number of carbonyl (C=O) groups excluding carboxylic acids is 1. The minimum Gasteiger partial charge on any atom is -0.351 e. The first-order valence-corrected chi connectivity index (χ1v) is 7.16. The molecule has 3 atom stereocenters. The van der Waals surface area contributed by atoms with E-state index in [4.69, 9.17) is 0 Å². The lowest BCUT2D eigenvalue weighted by atomic mass is 10.0. The monoisotopic (exact) mass is 334 g/mol. The van der Waals surface area contributed by atoms with Crippen LogP contribution in [-0.4, -0.2) is 24.5 Å². The topological polar surface area (TPSA) is 41.1 Å². The van der Waals surface area contributed by atoms with Gasteiger partial charge in [-0.2, -0.15) is 13.2 Å². The maximum absolute atomic E-state index is 13.0. The number of alkyl halides is 3. The average molecular weight is 335 g/mol. The van der Waals surface area contributed by atoms with E-state index < -0.39 is 11.7 Å². The molecule has 2 aliphatic rings. The molecular formula is C15H18ClF3N2O. The van der Waals surface area contributed by atoms with Crippen LogP contribution in [-0.2, 0) is 11.0 Å². The fourth-order valence-electron chi connectivity index (χ4n) is 2.97. The summed E-state index contributed by atoms with van der Waals surface area (Å²) in [6.07, 6.45) is -2.02. The van der Waals surface area contributed by atoms with Gasteiger partial charge in [-0.15, -0.1) is 12.4 Å². The first-order chi connectivity index (χ1) is 9.97. The second kappa shape index (κ2) is 6.46. The zero-order chi connectivity index (χ0) is 15.0. The van der Waals surface area contributed by atoms with E-state index in [-0.39, 0.29) is 41.9 Å². The van der Waals surface area contributed by atoms with Crippen molar-refractivity contribution in [1.82, 2.24) is 10.6 Å². The lowest BCUT2D eigenvalue weighted by molar-refractivity contribution is -0.138. The van der Waals surface area contributed by atoms with Crippen molar-refractivity contribution < 1.29 is 18.0 Å². The molecule has 2 fully saturated rings. The van der Waals surface area contributed by atoms with Crippen LogP contribution in [0.15, 0.2) is 24.3 Å². The molecule has 1 aliphatic heterocycles. The number of halogens is 4. The molecule has 7 heteroatoms. The summed E-state index contributed by atoms with van der Waals surface area (Å²) in [4.78, 5) is 12.0. The van der Waals surface area contributed by atoms with Crippen LogP contribution in [0.1, 0.15) is 36.3 Å². The van der Waals surface area contributed by atoms with Crippen molar-refractivity contribution in [3.05, 3.63) is 35.4 Å². The maximum Gasteiger partial charge on any atom is 0.416 e. The molecule has 3 unspecified atom stereocenters. The summed E-state index contributed by atoms with van der Waals surface area (Å²) in [6, 6.07) is 5.25. The number of hydrogen-bond acceptors (Lipinski definition) is 2. The lowest BCUT2D eigenvalue weighted by Crippen LogP contribution is -2.41. The molecule has 1 saturated heterocycles. The number of nitrogens with one attached hydrogen (secondary N) is 2. The molecular weight excluding hydrogens is 317 g/mol. The van der Waals surface area contributed by atoms with Crippen LogP contribution < -0.4 is 10.6 Å². The fraction of sp³-hybridized carbons (Fsp3) is 0.533. The molecule has 1 aromatic carbocycles. The van der Waals surface area contributed by atoms with Gasteiger partial charge in [0.2, 0.25) is 5.91 Å². The van der Waals surface area contributed by atoms with Crippen LogP contribution in [0.25, 0.3) is 0 Å². The smallest absolute Gasteiger partial charge is 0.351 e. The van der Waals surface area contributed by atoms with Crippen LogP contribution in [0.5, 0.6) is 0 Å². The van der Waals surface area contributed by atoms with Crippen molar-refractivity contribution in [3.63, 3.8) is 0 Å². The van der Waals surface area contributed by atoms with Gasteiger partial charge in [-0.3, -0.25) is 4.79 Å². The van der Waals surface area contributed by atoms with Gasteiger partial charge in [0, 0.05) is 12.0 Å². The number of hydrogen-bond donors (Lipinski definition) is 2. The maximum atomic E-state index is 13.0. The van der Waals surface area contributed by atoms with Crippen LogP contribution in [0.4, 0.5) is 13.2 Å². The Hall–Kier alpha value is -1.27. The van der Waals surface area contributed by atoms with Gasteiger partial charge in [-0.25, -0.2) is 0 Å². The molecule has 0 spiro atoms. The number of carbonyl (C=O) groups is 1. The highest BCUT2D eigenvalue weighted by Gasteiger charge is 2.45. The molecule has 1 saturated carbocycles. The molecule has 0 aromatic heterocycles. The van der Waals surface area contributed by atoms with Crippen LogP contribution in [0, 0.1) is 0 Å². The van der Waals surface area contributed by atoms with Gasteiger partial charge in [0.05, 0.1) is 11.6 Å². The Balaban J connectivity index is 0.00000176. The Labute approximate surface area is 133 Å². The Morgan fingerprint density at radius 1 is 1.27 bits per heavy atom. The van der Waals surface area contributed by atoms with Gasteiger partial charge < -0.3 is 10.6 Å². The second-order valence-electron chi connectivity index (χ2n) is 5.69. The SMILES string of the molecule is Cl.O=C(NC1CC1c1ccccc1C(F)(F)F)C1CCCN1. The third-order valence-corrected chi connectivity index (χ3v) is 4.16. The molecule has 3 rings (SSSR count). The van der Waals surface area contributed by atoms with Crippen molar-refractivity contribution in [3.8, 4) is 0 Å². The molecule has 3 nitrogen and oxygen atoms in total. The zero-order valence-electron chi connectivity index (χ0n) is 11.8. The van der Waals surface area contributed by atoms with E-state index in [2.05, 4.69) is 10.6 Å². The first kappa shape index (κ1) is 17.1. The third kappa shape index (κ3) is 3.55. The number of amides is 1. The van der Waals surface area contributed by atoms with E-state index >= 15 is 0 Å². The summed E-state index contributed by atoms with van der Waals surface area (Å²) in [5, 5.41) is 5.94. The van der Waals surface area contributed by atoms with Crippen LogP contribution >= 0.6 is 12.4 Å². The fourth-order valence-corrected chi connectivity index (χ4v) is 2.97. The molecule has 2 N–H and O–H groups in total. The predicted molar refractivity (Wildman–Crippen MR) is 79.0 cm³/mol. The lowest BCUT2D eigenvalue weighted by Gasteiger charge is -2.14. The normalized spacial score (nSPS) is 27.1. The Bertz CT molecular complexity index is 544. The zero-order valence-corrected chi connectivity index (χ0v) is 12.6. The Morgan fingerprint density at radius 2 is 2.00 bits per heavy atom. The molecule has 1 aromatic rings. The first-order valence-electron chi connectivity index (χ1n) is 7.16. The van der Waals surface area contributed by atoms with E-state index in [1.807, 2.05) is 0 Å². The summed E-state index contributed by atoms with van der Waals surface area (Å²) in [5.41, 5.74) is -0.305. The average Bonchev–Trinajstić information content (AvgIpc) is 2.98. The van der Waals surface area contributed by atoms with Gasteiger partial charge in [0.15, 0.2) is 0 Å². The molecule has 1 amide bonds. The summed E-state index contributed by atoms with van der Waals surface area (Å²) < 4.78 is 38.9. The Kier molecular flexibility index (Phi) is 5.02. The van der Waals surface area contributed by atoms with Crippen molar-refractivity contribution >= 4 is 18.3 Å². The summed E-state index contributed by atoms with van der Waals surface area (Å²) in [6.45, 7) is 0.823. The number of rotatable bonds is 3. The van der Waals surface area contributed by atoms with Crippen molar-refractivity contribution in [2.45, 2.75) is 43.4 Å². The largest absolute Gasteiger partial charge is 0.416 e. The quantitative estimate of drug-likeness (QED) is 0.892. The summed E-state index contributed by atoms with van der Waals surface area (Å²) in [7, 11) is 0. The minimum atomic E-state index is -4.35. The van der Waals surface area contributed by atoms with E-state index in [9.17, 15) is 18.0 Å². The highest BCUT2D eigenvalue weighted by molar-refractivity contribution is 5.85. The molecule has 0 bridgehead atoms. The van der Waals surface area contributed by atoms with E-state index in [0.717, 1.165) is 25.5 Å². The molecule has 1 aliphatic carbocycles. The highest BCUT2D eigenvalue weighted by atomic mass is 35.5. The van der Waals surface area contributed by atoms with Gasteiger partial charge >= 0.3 is 6.18 Å². The van der Waals surface area contributed by atoms with Crippen LogP contribution in [0.3, 0.4) is 0 Å². The molecule has 22 heavy (non-hydrogen) atoms. The minimum absolute atomic E-state index is 0. The van der Waals surface area contributed by atoms with Crippen molar-refractivity contribution in [2.24, 2.45) is 0 Å². The van der Waals surface area contributed by atoms with Gasteiger partial charge in [0.25, 0.3) is 0 Å². The number of benzene rings is 1. The van der Waals surface area contributed by atoms with Crippen molar-refractivity contribution in [1.29, 1.82) is 0 Å². The molecule has 0 radical (unpaired) electrons. The molecule has 1 heterocycles. The van der Waals surface area contributed by atoms with Gasteiger partial charge in [-0.1, -0.05) is 18.2 Å². The van der Waals surface area contributed by atoms with E-state index in [1.54, 1.807) is 6.07 Å².